The van der Waals surface area contributed by atoms with Crippen LogP contribution in [0.1, 0.15) is 26.8 Å². The number of rotatable bonds is 8. The van der Waals surface area contributed by atoms with Gasteiger partial charge in [0.15, 0.2) is 0 Å². The first-order chi connectivity index (χ1) is 16.3. The van der Waals surface area contributed by atoms with Gasteiger partial charge in [-0.05, 0) is 41.3 Å². The number of hydrogen-bond acceptors (Lipinski definition) is 6. The van der Waals surface area contributed by atoms with Gasteiger partial charge in [-0.2, -0.15) is 4.31 Å². The molecule has 0 radical (unpaired) electrons. The summed E-state index contributed by atoms with van der Waals surface area (Å²) in [4.78, 5) is 27.2. The average Bonchev–Trinajstić information content (AvgIpc) is 3.38. The van der Waals surface area contributed by atoms with Crippen LogP contribution in [0.2, 0.25) is 0 Å². The fraction of sp³-hybridized carbons (Fsp3) is 0.250. The number of thiophene rings is 1. The summed E-state index contributed by atoms with van der Waals surface area (Å²) in [5.74, 6) is -0.718. The molecule has 178 valence electrons. The summed E-state index contributed by atoms with van der Waals surface area (Å²) in [5.41, 5.74) is 6.49. The van der Waals surface area contributed by atoms with Crippen molar-refractivity contribution in [3.8, 4) is 0 Å². The maximum atomic E-state index is 12.9. The van der Waals surface area contributed by atoms with Gasteiger partial charge in [-0.25, -0.2) is 8.42 Å². The Morgan fingerprint density at radius 1 is 0.941 bits per heavy atom. The highest BCUT2D eigenvalue weighted by atomic mass is 32.2. The summed E-state index contributed by atoms with van der Waals surface area (Å²) in [6, 6.07) is 19.2. The summed E-state index contributed by atoms with van der Waals surface area (Å²) in [7, 11) is -3.69. The molecular formula is C24H26N4O4S2. The molecule has 4 rings (SSSR count). The van der Waals surface area contributed by atoms with E-state index in [1.54, 1.807) is 11.3 Å². The van der Waals surface area contributed by atoms with E-state index >= 15 is 0 Å². The molecule has 1 saturated heterocycles. The first-order valence-electron chi connectivity index (χ1n) is 10.8. The van der Waals surface area contributed by atoms with Crippen molar-refractivity contribution in [2.75, 3.05) is 32.7 Å². The maximum Gasteiger partial charge on any atom is 0.248 e. The van der Waals surface area contributed by atoms with Crippen molar-refractivity contribution in [3.63, 3.8) is 0 Å². The number of hydrogen-bond donors (Lipinski definition) is 2. The topological polar surface area (TPSA) is 113 Å². The first kappa shape index (κ1) is 24.1. The number of carbonyl (C=O) groups excluding carboxylic acids is 2. The van der Waals surface area contributed by atoms with Crippen LogP contribution in [-0.2, 0) is 14.8 Å². The van der Waals surface area contributed by atoms with Gasteiger partial charge < -0.3 is 11.1 Å². The number of nitrogens with one attached hydrogen (secondary N) is 1. The molecule has 1 aliphatic heterocycles. The molecule has 3 aromatic rings. The van der Waals surface area contributed by atoms with Gasteiger partial charge in [-0.15, -0.1) is 11.3 Å². The first-order valence-corrected chi connectivity index (χ1v) is 13.2. The molecule has 2 aromatic carbocycles. The lowest BCUT2D eigenvalue weighted by Gasteiger charge is -2.33. The summed E-state index contributed by atoms with van der Waals surface area (Å²) in [6.07, 6.45) is 0. The van der Waals surface area contributed by atoms with E-state index in [0.717, 1.165) is 10.4 Å². The number of nitrogens with two attached hydrogens (primary N) is 1. The van der Waals surface area contributed by atoms with Gasteiger partial charge in [-0.3, -0.25) is 14.5 Å². The third-order valence-electron chi connectivity index (χ3n) is 5.74. The van der Waals surface area contributed by atoms with E-state index in [2.05, 4.69) is 5.32 Å². The molecule has 8 nitrogen and oxygen atoms in total. The van der Waals surface area contributed by atoms with Crippen LogP contribution >= 0.6 is 11.3 Å². The smallest absolute Gasteiger partial charge is 0.248 e. The zero-order chi connectivity index (χ0) is 24.1. The molecular weight excluding hydrogens is 472 g/mol. The lowest BCUT2D eigenvalue weighted by atomic mass is 10.1. The fourth-order valence-corrected chi connectivity index (χ4v) is 6.12. The predicted molar refractivity (Wildman–Crippen MR) is 131 cm³/mol. The summed E-state index contributed by atoms with van der Waals surface area (Å²) < 4.78 is 27.3. The number of sulfonamides is 1. The Bertz CT molecular complexity index is 1220. The van der Waals surface area contributed by atoms with Gasteiger partial charge in [-0.1, -0.05) is 36.4 Å². The third-order valence-corrected chi connectivity index (χ3v) is 8.59. The van der Waals surface area contributed by atoms with Crippen LogP contribution in [0, 0.1) is 0 Å². The lowest BCUT2D eigenvalue weighted by Crippen LogP contribution is -2.51. The Labute approximate surface area is 203 Å². The van der Waals surface area contributed by atoms with Gasteiger partial charge in [0.1, 0.15) is 0 Å². The molecule has 0 spiro atoms. The van der Waals surface area contributed by atoms with Crippen molar-refractivity contribution < 1.29 is 18.0 Å². The molecule has 1 atom stereocenters. The normalized spacial score (nSPS) is 16.1. The molecule has 0 unspecified atom stereocenters. The number of primary amides is 1. The third kappa shape index (κ3) is 5.53. The lowest BCUT2D eigenvalue weighted by molar-refractivity contribution is -0.123. The van der Waals surface area contributed by atoms with Crippen LogP contribution in [0.25, 0.3) is 0 Å². The van der Waals surface area contributed by atoms with E-state index in [4.69, 9.17) is 5.73 Å². The van der Waals surface area contributed by atoms with Gasteiger partial charge in [0.2, 0.25) is 21.8 Å². The SMILES string of the molecule is NC(=O)c1ccc(S(=O)(=O)N2CCN(CC(=O)N[C@@H](c3ccccc3)c3cccs3)CC2)cc1. The molecule has 3 N–H and O–H groups in total. The zero-order valence-electron chi connectivity index (χ0n) is 18.5. The molecule has 10 heteroatoms. The van der Waals surface area contributed by atoms with Crippen LogP contribution < -0.4 is 11.1 Å². The molecule has 2 heterocycles. The minimum absolute atomic E-state index is 0.111. The Morgan fingerprint density at radius 3 is 2.21 bits per heavy atom. The minimum atomic E-state index is -3.69. The molecule has 2 amide bonds. The van der Waals surface area contributed by atoms with Gasteiger partial charge in [0, 0.05) is 36.6 Å². The number of nitrogens with zero attached hydrogens (tertiary/aromatic N) is 2. The Hall–Kier alpha value is -3.05. The van der Waals surface area contributed by atoms with E-state index in [1.807, 2.05) is 52.7 Å². The van der Waals surface area contributed by atoms with Gasteiger partial charge in [0.25, 0.3) is 0 Å². The van der Waals surface area contributed by atoms with Gasteiger partial charge >= 0.3 is 0 Å². The number of carbonyl (C=O) groups is 2. The zero-order valence-corrected chi connectivity index (χ0v) is 20.1. The Morgan fingerprint density at radius 2 is 1.62 bits per heavy atom. The molecule has 1 fully saturated rings. The van der Waals surface area contributed by atoms with Crippen molar-refractivity contribution in [2.45, 2.75) is 10.9 Å². The minimum Gasteiger partial charge on any atom is -0.366 e. The summed E-state index contributed by atoms with van der Waals surface area (Å²) >= 11 is 1.59. The highest BCUT2D eigenvalue weighted by molar-refractivity contribution is 7.89. The second kappa shape index (κ2) is 10.5. The molecule has 1 aromatic heterocycles. The van der Waals surface area contributed by atoms with E-state index in [9.17, 15) is 18.0 Å². The number of piperazine rings is 1. The van der Waals surface area contributed by atoms with Crippen molar-refractivity contribution in [1.82, 2.24) is 14.5 Å². The predicted octanol–water partition coefficient (Wildman–Crippen LogP) is 2.06. The van der Waals surface area contributed by atoms with E-state index < -0.39 is 15.9 Å². The van der Waals surface area contributed by atoms with E-state index in [1.165, 1.54) is 28.6 Å². The number of benzene rings is 2. The second-order valence-corrected chi connectivity index (χ2v) is 10.9. The summed E-state index contributed by atoms with van der Waals surface area (Å²) in [5, 5.41) is 5.11. The van der Waals surface area contributed by atoms with Crippen LogP contribution in [0.3, 0.4) is 0 Å². The molecule has 0 saturated carbocycles. The average molecular weight is 499 g/mol. The number of amides is 2. The molecule has 1 aliphatic rings. The Kier molecular flexibility index (Phi) is 7.42. The maximum absolute atomic E-state index is 12.9. The highest BCUT2D eigenvalue weighted by Crippen LogP contribution is 2.26. The van der Waals surface area contributed by atoms with Crippen molar-refractivity contribution >= 4 is 33.2 Å². The van der Waals surface area contributed by atoms with Crippen molar-refractivity contribution in [1.29, 1.82) is 0 Å². The standard InChI is InChI=1S/C24H26N4O4S2/c25-24(30)19-8-10-20(11-9-19)34(31,32)28-14-12-27(13-15-28)17-22(29)26-23(21-7-4-16-33-21)18-5-2-1-3-6-18/h1-11,16,23H,12-15,17H2,(H2,25,30)(H,26,29)/t23-/m0/s1. The van der Waals surface area contributed by atoms with E-state index in [-0.39, 0.29) is 42.0 Å². The summed E-state index contributed by atoms with van der Waals surface area (Å²) in [6.45, 7) is 1.64. The largest absolute Gasteiger partial charge is 0.366 e. The molecule has 0 bridgehead atoms. The highest BCUT2D eigenvalue weighted by Gasteiger charge is 2.29. The van der Waals surface area contributed by atoms with Crippen molar-refractivity contribution in [2.24, 2.45) is 5.73 Å². The Balaban J connectivity index is 1.35. The molecule has 34 heavy (non-hydrogen) atoms. The van der Waals surface area contributed by atoms with E-state index in [0.29, 0.717) is 13.1 Å². The molecule has 0 aliphatic carbocycles. The van der Waals surface area contributed by atoms with Crippen LogP contribution in [-0.4, -0.2) is 62.2 Å². The van der Waals surface area contributed by atoms with Crippen molar-refractivity contribution in [3.05, 3.63) is 88.1 Å². The van der Waals surface area contributed by atoms with Gasteiger partial charge in [0.05, 0.1) is 17.5 Å². The van der Waals surface area contributed by atoms with Crippen LogP contribution in [0.4, 0.5) is 0 Å². The van der Waals surface area contributed by atoms with Crippen LogP contribution in [0.15, 0.2) is 77.0 Å². The fourth-order valence-electron chi connectivity index (χ4n) is 3.90. The van der Waals surface area contributed by atoms with Crippen LogP contribution in [0.5, 0.6) is 0 Å². The second-order valence-electron chi connectivity index (χ2n) is 8.00. The monoisotopic (exact) mass is 498 g/mol. The quantitative estimate of drug-likeness (QED) is 0.494.